The first-order valence-electron chi connectivity index (χ1n) is 8.60. The number of nitrogens with one attached hydrogen (secondary N) is 1. The lowest BCUT2D eigenvalue weighted by atomic mass is 9.72. The molecule has 0 heterocycles. The Morgan fingerprint density at radius 3 is 2.48 bits per heavy atom. The van der Waals surface area contributed by atoms with E-state index in [0.29, 0.717) is 5.71 Å². The summed E-state index contributed by atoms with van der Waals surface area (Å²) in [6, 6.07) is 13.0. The van der Waals surface area contributed by atoms with Crippen LogP contribution in [0.1, 0.15) is 59.3 Å². The molecular weight excluding hydrogens is 310 g/mol. The van der Waals surface area contributed by atoms with Crippen LogP contribution in [0.15, 0.2) is 48.5 Å². The van der Waals surface area contributed by atoms with Crippen LogP contribution < -0.4 is 0 Å². The molecule has 0 aromatic heterocycles. The predicted octanol–water partition coefficient (Wildman–Crippen LogP) is 5.08. The van der Waals surface area contributed by atoms with Crippen molar-refractivity contribution in [3.63, 3.8) is 0 Å². The van der Waals surface area contributed by atoms with E-state index in [-0.39, 0.29) is 11.0 Å². The smallest absolute Gasteiger partial charge is 0.335 e. The van der Waals surface area contributed by atoms with Crippen molar-refractivity contribution < 1.29 is 9.90 Å². The van der Waals surface area contributed by atoms with Crippen LogP contribution in [-0.4, -0.2) is 16.8 Å². The first-order valence-corrected chi connectivity index (χ1v) is 8.60. The van der Waals surface area contributed by atoms with E-state index < -0.39 is 5.97 Å². The molecule has 3 nitrogen and oxygen atoms in total. The van der Waals surface area contributed by atoms with Crippen molar-refractivity contribution in [2.75, 3.05) is 0 Å². The maximum absolute atomic E-state index is 10.9. The molecule has 2 N–H and O–H groups in total. The molecule has 0 saturated heterocycles. The number of carboxylic acids is 1. The number of aryl methyl sites for hydroxylation is 1. The van der Waals surface area contributed by atoms with Crippen molar-refractivity contribution in [1.82, 2.24) is 0 Å². The minimum atomic E-state index is -0.930. The van der Waals surface area contributed by atoms with Gasteiger partial charge in [0, 0.05) is 0 Å². The second-order valence-electron chi connectivity index (χ2n) is 7.28. The molecule has 0 aliphatic heterocycles. The first-order chi connectivity index (χ1) is 11.9. The van der Waals surface area contributed by atoms with E-state index in [1.165, 1.54) is 24.0 Å². The number of rotatable bonds is 4. The van der Waals surface area contributed by atoms with Crippen molar-refractivity contribution in [2.45, 2.75) is 38.5 Å². The van der Waals surface area contributed by atoms with Crippen LogP contribution >= 0.6 is 0 Å². The summed E-state index contributed by atoms with van der Waals surface area (Å²) < 4.78 is 0. The maximum Gasteiger partial charge on any atom is 0.335 e. The van der Waals surface area contributed by atoms with Gasteiger partial charge in [-0.15, -0.1) is 0 Å². The lowest BCUT2D eigenvalue weighted by Crippen LogP contribution is -2.24. The zero-order valence-electron chi connectivity index (χ0n) is 14.7. The molecule has 0 spiro atoms. The average Bonchev–Trinajstić information content (AvgIpc) is 2.59. The fraction of sp³-hybridized carbons (Fsp3) is 0.273. The van der Waals surface area contributed by atoms with Gasteiger partial charge in [-0.25, -0.2) is 4.79 Å². The van der Waals surface area contributed by atoms with Crippen LogP contribution in [0, 0.1) is 5.41 Å². The van der Waals surface area contributed by atoms with Gasteiger partial charge in [-0.3, -0.25) is 0 Å². The summed E-state index contributed by atoms with van der Waals surface area (Å²) in [7, 11) is 0. The van der Waals surface area contributed by atoms with Crippen LogP contribution in [0.5, 0.6) is 0 Å². The third-order valence-corrected chi connectivity index (χ3v) is 4.99. The van der Waals surface area contributed by atoms with Crippen molar-refractivity contribution in [3.8, 4) is 0 Å². The van der Waals surface area contributed by atoms with Crippen LogP contribution in [0.25, 0.3) is 6.08 Å². The van der Waals surface area contributed by atoms with Gasteiger partial charge in [0.2, 0.25) is 0 Å². The van der Waals surface area contributed by atoms with Crippen molar-refractivity contribution >= 4 is 17.8 Å². The number of benzene rings is 2. The molecule has 3 heteroatoms. The van der Waals surface area contributed by atoms with E-state index in [4.69, 9.17) is 10.5 Å². The highest BCUT2D eigenvalue weighted by atomic mass is 16.4. The zero-order valence-corrected chi connectivity index (χ0v) is 14.7. The molecule has 128 valence electrons. The minimum absolute atomic E-state index is 0.218. The van der Waals surface area contributed by atoms with E-state index in [0.717, 1.165) is 17.5 Å². The molecule has 0 unspecified atom stereocenters. The third kappa shape index (κ3) is 3.71. The van der Waals surface area contributed by atoms with Crippen LogP contribution in [-0.2, 0) is 11.8 Å². The Morgan fingerprint density at radius 1 is 1.12 bits per heavy atom. The Balaban J connectivity index is 1.78. The van der Waals surface area contributed by atoms with Gasteiger partial charge in [-0.1, -0.05) is 44.2 Å². The second-order valence-corrected chi connectivity index (χ2v) is 7.28. The molecule has 25 heavy (non-hydrogen) atoms. The Bertz CT molecular complexity index is 845. The Kier molecular flexibility index (Phi) is 4.58. The summed E-state index contributed by atoms with van der Waals surface area (Å²) in [5.41, 5.74) is 5.53. The average molecular weight is 333 g/mol. The van der Waals surface area contributed by atoms with E-state index in [2.05, 4.69) is 26.0 Å². The SMILES string of the molecule is CC1(C)CCCc2cc(C(=N)/C=C/c3ccc(C(=O)O)cc3)ccc21. The van der Waals surface area contributed by atoms with Gasteiger partial charge >= 0.3 is 5.97 Å². The largest absolute Gasteiger partial charge is 0.478 e. The summed E-state index contributed by atoms with van der Waals surface area (Å²) in [5.74, 6) is -0.930. The number of carbonyl (C=O) groups is 1. The van der Waals surface area contributed by atoms with Crippen LogP contribution in [0.3, 0.4) is 0 Å². The number of carboxylic acid groups (broad SMARTS) is 1. The maximum atomic E-state index is 10.9. The highest BCUT2D eigenvalue weighted by molar-refractivity contribution is 6.08. The number of hydrogen-bond acceptors (Lipinski definition) is 2. The van der Waals surface area contributed by atoms with E-state index >= 15 is 0 Å². The number of allylic oxidation sites excluding steroid dienone is 1. The summed E-state index contributed by atoms with van der Waals surface area (Å²) in [4.78, 5) is 10.9. The van der Waals surface area contributed by atoms with Gasteiger partial charge in [0.25, 0.3) is 0 Å². The quantitative estimate of drug-likeness (QED) is 0.766. The van der Waals surface area contributed by atoms with Gasteiger partial charge in [-0.2, -0.15) is 0 Å². The van der Waals surface area contributed by atoms with Gasteiger partial charge in [0.15, 0.2) is 0 Å². The molecule has 2 aromatic rings. The van der Waals surface area contributed by atoms with Crippen molar-refractivity contribution in [1.29, 1.82) is 5.41 Å². The molecule has 0 amide bonds. The molecule has 2 aromatic carbocycles. The van der Waals surface area contributed by atoms with Gasteiger partial charge in [0.1, 0.15) is 0 Å². The normalized spacial score (nSPS) is 15.8. The highest BCUT2D eigenvalue weighted by Gasteiger charge is 2.27. The highest BCUT2D eigenvalue weighted by Crippen LogP contribution is 2.37. The summed E-state index contributed by atoms with van der Waals surface area (Å²) in [5, 5.41) is 17.2. The monoisotopic (exact) mass is 333 g/mol. The molecule has 3 rings (SSSR count). The van der Waals surface area contributed by atoms with E-state index in [1.807, 2.05) is 12.1 Å². The van der Waals surface area contributed by atoms with Crippen molar-refractivity contribution in [2.24, 2.45) is 0 Å². The topological polar surface area (TPSA) is 61.2 Å². The van der Waals surface area contributed by atoms with E-state index in [1.54, 1.807) is 30.3 Å². The number of aromatic carboxylic acids is 1. The molecule has 0 radical (unpaired) electrons. The van der Waals surface area contributed by atoms with Crippen LogP contribution in [0.2, 0.25) is 0 Å². The molecule has 1 aliphatic carbocycles. The van der Waals surface area contributed by atoms with Crippen molar-refractivity contribution in [3.05, 3.63) is 76.4 Å². The fourth-order valence-corrected chi connectivity index (χ4v) is 3.50. The molecule has 0 fully saturated rings. The third-order valence-electron chi connectivity index (χ3n) is 4.99. The molecular formula is C22H23NO2. The molecule has 0 saturated carbocycles. The lowest BCUT2D eigenvalue weighted by Gasteiger charge is -2.32. The van der Waals surface area contributed by atoms with Gasteiger partial charge in [0.05, 0.1) is 11.3 Å². The Hall–Kier alpha value is -2.68. The molecule has 0 bridgehead atoms. The summed E-state index contributed by atoms with van der Waals surface area (Å²) in [6.07, 6.45) is 7.11. The molecule has 0 atom stereocenters. The van der Waals surface area contributed by atoms with Crippen LogP contribution in [0.4, 0.5) is 0 Å². The van der Waals surface area contributed by atoms with Gasteiger partial charge in [-0.05, 0) is 71.2 Å². The lowest BCUT2D eigenvalue weighted by molar-refractivity contribution is 0.0697. The number of hydrogen-bond donors (Lipinski definition) is 2. The molecule has 1 aliphatic rings. The Morgan fingerprint density at radius 2 is 1.80 bits per heavy atom. The summed E-state index contributed by atoms with van der Waals surface area (Å²) >= 11 is 0. The van der Waals surface area contributed by atoms with E-state index in [9.17, 15) is 4.79 Å². The first kappa shape index (κ1) is 17.2. The fourth-order valence-electron chi connectivity index (χ4n) is 3.50. The summed E-state index contributed by atoms with van der Waals surface area (Å²) in [6.45, 7) is 4.58. The number of fused-ring (bicyclic) bond motifs is 1. The predicted molar refractivity (Wildman–Crippen MR) is 102 cm³/mol. The second kappa shape index (κ2) is 6.67. The minimum Gasteiger partial charge on any atom is -0.478 e. The standard InChI is InChI=1S/C22H23NO2/c1-22(2)13-3-4-17-14-18(10-11-19(17)22)20(23)12-7-15-5-8-16(9-6-15)21(24)25/h5-12,14,23H,3-4,13H2,1-2H3,(H,24,25)/b12-7+,23-20?. The van der Waals surface area contributed by atoms with Gasteiger partial charge < -0.3 is 10.5 Å². The zero-order chi connectivity index (χ0) is 18.0. The Labute approximate surface area is 148 Å².